The molecule has 3 heterocycles. The van der Waals surface area contributed by atoms with E-state index in [9.17, 15) is 9.59 Å². The molecule has 0 fully saturated rings. The molecular formula is C29H23N3O4S. The predicted octanol–water partition coefficient (Wildman–Crippen LogP) is 5.93. The molecule has 0 aliphatic carbocycles. The Bertz CT molecular complexity index is 1660. The standard InChI is InChI=1S/C29H23N3O4S/c1-2-9-23-30-31-29(37-23)32-25(19-12-8-13-20(16-19)35-17-18-10-4-3-5-11-18)24-26(33)21-14-6-7-15-22(21)36-27(24)28(32)34/h3-8,10-16,25H,2,9,17H2,1H3. The van der Waals surface area contributed by atoms with Gasteiger partial charge in [-0.1, -0.05) is 72.9 Å². The van der Waals surface area contributed by atoms with Gasteiger partial charge in [-0.15, -0.1) is 10.2 Å². The van der Waals surface area contributed by atoms with Crippen molar-refractivity contribution in [1.29, 1.82) is 0 Å². The van der Waals surface area contributed by atoms with Crippen molar-refractivity contribution in [3.05, 3.63) is 117 Å². The fraction of sp³-hybridized carbons (Fsp3) is 0.172. The van der Waals surface area contributed by atoms with Gasteiger partial charge in [0, 0.05) is 6.42 Å². The summed E-state index contributed by atoms with van der Waals surface area (Å²) < 4.78 is 12.1. The van der Waals surface area contributed by atoms with Crippen LogP contribution in [0.4, 0.5) is 5.13 Å². The summed E-state index contributed by atoms with van der Waals surface area (Å²) >= 11 is 1.36. The zero-order chi connectivity index (χ0) is 25.4. The number of benzene rings is 3. The number of amides is 1. The highest BCUT2D eigenvalue weighted by atomic mass is 32.1. The second-order valence-corrected chi connectivity index (χ2v) is 9.86. The molecule has 184 valence electrons. The van der Waals surface area contributed by atoms with Crippen LogP contribution in [0.1, 0.15) is 51.6 Å². The monoisotopic (exact) mass is 509 g/mol. The van der Waals surface area contributed by atoms with E-state index in [0.717, 1.165) is 29.0 Å². The number of aryl methyl sites for hydroxylation is 1. The van der Waals surface area contributed by atoms with Gasteiger partial charge in [0.05, 0.1) is 17.0 Å². The van der Waals surface area contributed by atoms with Crippen LogP contribution in [0.2, 0.25) is 0 Å². The maximum absolute atomic E-state index is 13.7. The minimum Gasteiger partial charge on any atom is -0.489 e. The Hall–Kier alpha value is -4.30. The lowest BCUT2D eigenvalue weighted by Crippen LogP contribution is -2.29. The van der Waals surface area contributed by atoms with Gasteiger partial charge in [0.25, 0.3) is 5.91 Å². The van der Waals surface area contributed by atoms with E-state index >= 15 is 0 Å². The number of para-hydroxylation sites is 1. The van der Waals surface area contributed by atoms with Gasteiger partial charge >= 0.3 is 0 Å². The van der Waals surface area contributed by atoms with Gasteiger partial charge in [-0.05, 0) is 41.8 Å². The lowest BCUT2D eigenvalue weighted by atomic mass is 9.98. The van der Waals surface area contributed by atoms with Crippen LogP contribution in [0.25, 0.3) is 11.0 Å². The number of carbonyl (C=O) groups excluding carboxylic acids is 1. The van der Waals surface area contributed by atoms with Gasteiger partial charge in [-0.2, -0.15) is 0 Å². The molecule has 2 aromatic heterocycles. The normalized spacial score (nSPS) is 14.8. The topological polar surface area (TPSA) is 85.5 Å². The number of anilines is 1. The fourth-order valence-corrected chi connectivity index (χ4v) is 5.57. The van der Waals surface area contributed by atoms with Crippen molar-refractivity contribution in [2.75, 3.05) is 4.90 Å². The molecule has 6 rings (SSSR count). The summed E-state index contributed by atoms with van der Waals surface area (Å²) in [4.78, 5) is 29.0. The predicted molar refractivity (Wildman–Crippen MR) is 142 cm³/mol. The van der Waals surface area contributed by atoms with Gasteiger partial charge in [0.1, 0.15) is 22.9 Å². The third kappa shape index (κ3) is 4.19. The minimum atomic E-state index is -0.717. The number of ether oxygens (including phenoxy) is 1. The molecule has 0 spiro atoms. The van der Waals surface area contributed by atoms with Crippen molar-refractivity contribution in [3.8, 4) is 5.75 Å². The van der Waals surface area contributed by atoms with Crippen LogP contribution in [-0.2, 0) is 13.0 Å². The van der Waals surface area contributed by atoms with Crippen LogP contribution < -0.4 is 15.1 Å². The van der Waals surface area contributed by atoms with Crippen LogP contribution >= 0.6 is 11.3 Å². The fourth-order valence-electron chi connectivity index (χ4n) is 4.60. The molecule has 5 aromatic rings. The van der Waals surface area contributed by atoms with E-state index in [4.69, 9.17) is 9.15 Å². The number of rotatable bonds is 7. The second-order valence-electron chi connectivity index (χ2n) is 8.82. The highest BCUT2D eigenvalue weighted by Crippen LogP contribution is 2.42. The smallest absolute Gasteiger partial charge is 0.297 e. The molecule has 1 aliphatic rings. The molecule has 1 amide bonds. The number of hydrogen-bond donors (Lipinski definition) is 0. The summed E-state index contributed by atoms with van der Waals surface area (Å²) in [6.07, 6.45) is 1.68. The highest BCUT2D eigenvalue weighted by molar-refractivity contribution is 7.15. The van der Waals surface area contributed by atoms with E-state index in [1.807, 2.05) is 54.6 Å². The molecule has 7 nitrogen and oxygen atoms in total. The molecule has 0 saturated carbocycles. The first-order valence-electron chi connectivity index (χ1n) is 12.1. The average molecular weight is 510 g/mol. The first kappa shape index (κ1) is 23.1. The number of nitrogens with zero attached hydrogens (tertiary/aromatic N) is 3. The zero-order valence-electron chi connectivity index (χ0n) is 20.1. The second kappa shape index (κ2) is 9.63. The van der Waals surface area contributed by atoms with E-state index in [-0.39, 0.29) is 11.2 Å². The number of carbonyl (C=O) groups is 1. The molecule has 0 N–H and O–H groups in total. The lowest BCUT2D eigenvalue weighted by molar-refractivity contribution is 0.0970. The van der Waals surface area contributed by atoms with Crippen molar-refractivity contribution in [3.63, 3.8) is 0 Å². The summed E-state index contributed by atoms with van der Waals surface area (Å²) in [5.41, 5.74) is 2.22. The maximum atomic E-state index is 13.7. The lowest BCUT2D eigenvalue weighted by Gasteiger charge is -2.22. The van der Waals surface area contributed by atoms with Crippen LogP contribution in [0.3, 0.4) is 0 Å². The van der Waals surface area contributed by atoms with Crippen molar-refractivity contribution >= 4 is 33.3 Å². The number of fused-ring (bicyclic) bond motifs is 2. The first-order valence-corrected chi connectivity index (χ1v) is 12.9. The Kier molecular flexibility index (Phi) is 6.02. The first-order chi connectivity index (χ1) is 18.1. The number of aromatic nitrogens is 2. The van der Waals surface area contributed by atoms with Crippen molar-refractivity contribution in [1.82, 2.24) is 10.2 Å². The van der Waals surface area contributed by atoms with Crippen LogP contribution in [0.15, 0.2) is 88.1 Å². The van der Waals surface area contributed by atoms with Gasteiger partial charge in [0.2, 0.25) is 10.9 Å². The molecule has 3 aromatic carbocycles. The van der Waals surface area contributed by atoms with E-state index < -0.39 is 11.9 Å². The minimum absolute atomic E-state index is 0.0385. The van der Waals surface area contributed by atoms with Crippen molar-refractivity contribution < 1.29 is 13.9 Å². The zero-order valence-corrected chi connectivity index (χ0v) is 20.9. The third-order valence-electron chi connectivity index (χ3n) is 6.33. The summed E-state index contributed by atoms with van der Waals surface area (Å²) in [6.45, 7) is 2.47. The Morgan fingerprint density at radius 2 is 1.78 bits per heavy atom. The Balaban J connectivity index is 1.47. The molecule has 1 aliphatic heterocycles. The summed E-state index contributed by atoms with van der Waals surface area (Å²) in [7, 11) is 0. The van der Waals surface area contributed by atoms with Crippen LogP contribution in [0.5, 0.6) is 5.75 Å². The number of hydrogen-bond acceptors (Lipinski definition) is 7. The third-order valence-corrected chi connectivity index (χ3v) is 7.31. The van der Waals surface area contributed by atoms with Gasteiger partial charge in [-0.25, -0.2) is 0 Å². The molecule has 0 radical (unpaired) electrons. The Morgan fingerprint density at radius 1 is 0.973 bits per heavy atom. The quantitative estimate of drug-likeness (QED) is 0.271. The molecule has 1 unspecified atom stereocenters. The van der Waals surface area contributed by atoms with Crippen molar-refractivity contribution in [2.24, 2.45) is 0 Å². The molecule has 0 saturated heterocycles. The largest absolute Gasteiger partial charge is 0.489 e. The molecular weight excluding hydrogens is 486 g/mol. The molecule has 37 heavy (non-hydrogen) atoms. The molecule has 0 bridgehead atoms. The van der Waals surface area contributed by atoms with Crippen LogP contribution in [0, 0.1) is 0 Å². The van der Waals surface area contributed by atoms with Gasteiger partial charge in [0.15, 0.2) is 5.43 Å². The van der Waals surface area contributed by atoms with E-state index in [0.29, 0.717) is 34.0 Å². The summed E-state index contributed by atoms with van der Waals surface area (Å²) in [6, 6.07) is 23.6. The summed E-state index contributed by atoms with van der Waals surface area (Å²) in [5.74, 6) is 0.269. The van der Waals surface area contributed by atoms with E-state index in [2.05, 4.69) is 17.1 Å². The SMILES string of the molecule is CCCc1nnc(N2C(=O)c3oc4ccccc4c(=O)c3C2c2cccc(OCc3ccccc3)c2)s1. The Morgan fingerprint density at radius 3 is 2.62 bits per heavy atom. The molecule has 1 atom stereocenters. The van der Waals surface area contributed by atoms with Crippen LogP contribution in [-0.4, -0.2) is 16.1 Å². The molecule has 8 heteroatoms. The van der Waals surface area contributed by atoms with Gasteiger partial charge < -0.3 is 9.15 Å². The van der Waals surface area contributed by atoms with E-state index in [1.165, 1.54) is 16.2 Å². The van der Waals surface area contributed by atoms with E-state index in [1.54, 1.807) is 24.3 Å². The summed E-state index contributed by atoms with van der Waals surface area (Å²) in [5, 5.41) is 10.3. The van der Waals surface area contributed by atoms with Gasteiger partial charge in [-0.3, -0.25) is 14.5 Å². The highest BCUT2D eigenvalue weighted by Gasteiger charge is 2.45. The maximum Gasteiger partial charge on any atom is 0.297 e. The van der Waals surface area contributed by atoms with Crippen molar-refractivity contribution in [2.45, 2.75) is 32.4 Å². The average Bonchev–Trinajstić information content (AvgIpc) is 3.51. The Labute approximate surface area is 217 Å².